The first-order chi connectivity index (χ1) is 64.9. The zero-order valence-corrected chi connectivity index (χ0v) is 88.1. The first kappa shape index (κ1) is 119. The number of rotatable bonds is 27. The van der Waals surface area contributed by atoms with Gasteiger partial charge in [0.05, 0.1) is 125 Å². The normalized spacial score (nSPS) is 44.8. The van der Waals surface area contributed by atoms with Gasteiger partial charge in [0.1, 0.15) is 23.4 Å². The monoisotopic (exact) mass is 2130 g/mol. The minimum atomic E-state index is -5.18. The summed E-state index contributed by atoms with van der Waals surface area (Å²) in [7, 11) is 0. The van der Waals surface area contributed by atoms with E-state index < -0.39 is 314 Å². The van der Waals surface area contributed by atoms with Crippen molar-refractivity contribution in [3.8, 4) is 0 Å². The molecule has 0 spiro atoms. The Balaban J connectivity index is 0.000000188. The van der Waals surface area contributed by atoms with Crippen LogP contribution in [0.4, 0.5) is 74.6 Å². The number of carbonyl (C=O) groups is 3. The van der Waals surface area contributed by atoms with Gasteiger partial charge in [-0.05, 0) is 263 Å². The van der Waals surface area contributed by atoms with Crippen LogP contribution in [0.15, 0.2) is 36.5 Å². The molecular weight excluding hydrogens is 1980 g/mol. The van der Waals surface area contributed by atoms with Crippen LogP contribution in [0.2, 0.25) is 0 Å². The summed E-state index contributed by atoms with van der Waals surface area (Å²) in [6.45, 7) is 48.8. The molecule has 8 saturated carbocycles. The van der Waals surface area contributed by atoms with E-state index in [4.69, 9.17) is 85.3 Å². The van der Waals surface area contributed by atoms with Crippen molar-refractivity contribution in [2.24, 2.45) is 44.8 Å². The van der Waals surface area contributed by atoms with Gasteiger partial charge in [-0.15, -0.1) is 0 Å². The molecule has 0 aromatic carbocycles. The third-order valence-electron chi connectivity index (χ3n) is 35.4. The van der Waals surface area contributed by atoms with Gasteiger partial charge in [-0.2, -0.15) is 74.6 Å². The molecule has 8 aliphatic carbocycles. The van der Waals surface area contributed by atoms with Crippen molar-refractivity contribution < 1.29 is 210 Å². The van der Waals surface area contributed by atoms with Crippen molar-refractivity contribution >= 4 is 17.9 Å². The topological polar surface area (TPSA) is 359 Å². The van der Waals surface area contributed by atoms with Crippen LogP contribution in [0.3, 0.4) is 0 Å². The number of esters is 3. The fraction of sp³-hybridized carbons (Fsp3) is 0.911. The van der Waals surface area contributed by atoms with E-state index in [1.165, 1.54) is 48.5 Å². The lowest BCUT2D eigenvalue weighted by molar-refractivity contribution is -0.371. The highest BCUT2D eigenvalue weighted by atomic mass is 19.4. The fourth-order valence-corrected chi connectivity index (χ4v) is 29.5. The molecule has 0 radical (unpaired) electrons. The molecule has 7 N–H and O–H groups in total. The summed E-state index contributed by atoms with van der Waals surface area (Å²) in [5.41, 5.74) is -27.8. The van der Waals surface area contributed by atoms with E-state index in [0.717, 1.165) is 13.8 Å². The van der Waals surface area contributed by atoms with E-state index in [0.29, 0.717) is 44.9 Å². The predicted molar refractivity (Wildman–Crippen MR) is 479 cm³/mol. The van der Waals surface area contributed by atoms with Gasteiger partial charge < -0.3 is 121 Å². The van der Waals surface area contributed by atoms with Crippen LogP contribution >= 0.6 is 0 Å². The molecule has 23 unspecified atom stereocenters. The van der Waals surface area contributed by atoms with Crippen LogP contribution in [0.1, 0.15) is 302 Å². The van der Waals surface area contributed by atoms with E-state index in [9.17, 15) is 116 Å². The number of alkyl halides is 17. The van der Waals surface area contributed by atoms with Crippen molar-refractivity contribution in [1.29, 1.82) is 0 Å². The van der Waals surface area contributed by atoms with Crippen LogP contribution in [0, 0.1) is 44.8 Å². The number of aliphatic hydroxyl groups is 7. The summed E-state index contributed by atoms with van der Waals surface area (Å²) in [5, 5.41) is 72.9. The number of fused-ring (bicyclic) bond motifs is 2. The minimum Gasteiger partial charge on any atom is -0.456 e. The second-order valence-electron chi connectivity index (χ2n) is 52.0. The predicted octanol–water partition coefficient (Wildman–Crippen LogP) is 17.6. The largest absolute Gasteiger partial charge is 0.456 e. The molecule has 0 amide bonds. The summed E-state index contributed by atoms with van der Waals surface area (Å²) >= 11 is 0. The van der Waals surface area contributed by atoms with Crippen LogP contribution in [0.25, 0.3) is 0 Å². The minimum absolute atomic E-state index is 0.00297. The zero-order valence-electron chi connectivity index (χ0n) is 88.1. The molecule has 17 fully saturated rings. The second-order valence-corrected chi connectivity index (χ2v) is 52.0. The van der Waals surface area contributed by atoms with Crippen molar-refractivity contribution in [2.75, 3.05) is 46.2 Å². The fourth-order valence-electron chi connectivity index (χ4n) is 29.5. The van der Waals surface area contributed by atoms with Crippen LogP contribution in [0.5, 0.6) is 0 Å². The number of ether oxygens (including phenoxy) is 18. The van der Waals surface area contributed by atoms with E-state index in [1.54, 1.807) is 96.9 Å². The molecule has 10 bridgehead atoms. The summed E-state index contributed by atoms with van der Waals surface area (Å²) in [6, 6.07) is 0. The molecule has 9 aliphatic heterocycles. The Morgan fingerprint density at radius 1 is 0.322 bits per heavy atom. The third kappa shape index (κ3) is 20.5. The molecule has 17 rings (SSSR count). The first-order valence-electron chi connectivity index (χ1n) is 49.3. The molecular formula is C101H149F17O28. The second kappa shape index (κ2) is 35.0. The molecule has 9 saturated heterocycles. The van der Waals surface area contributed by atoms with Gasteiger partial charge in [0.25, 0.3) is 28.9 Å². The molecule has 146 heavy (non-hydrogen) atoms. The quantitative estimate of drug-likeness (QED) is 0.0174. The highest BCUT2D eigenvalue weighted by Gasteiger charge is 2.83. The number of carbonyl (C=O) groups excluding carboxylic acids is 3. The summed E-state index contributed by atoms with van der Waals surface area (Å²) in [4.78, 5) is 39.2. The van der Waals surface area contributed by atoms with Crippen molar-refractivity contribution in [1.82, 2.24) is 0 Å². The number of halogens is 17. The van der Waals surface area contributed by atoms with Gasteiger partial charge in [-0.3, -0.25) is 0 Å². The van der Waals surface area contributed by atoms with Crippen molar-refractivity contribution in [3.63, 3.8) is 0 Å². The number of hydrogen-bond acceptors (Lipinski definition) is 28. The smallest absolute Gasteiger partial charge is 0.443 e. The van der Waals surface area contributed by atoms with E-state index >= 15 is 8.78 Å². The summed E-state index contributed by atoms with van der Waals surface area (Å²) in [5.74, 6) is -28.2. The molecule has 28 nitrogen and oxygen atoms in total. The maximum absolute atomic E-state index is 16.1. The van der Waals surface area contributed by atoms with Gasteiger partial charge in [0.15, 0.2) is 11.4 Å². The molecule has 17 aliphatic rings. The van der Waals surface area contributed by atoms with Gasteiger partial charge in [-0.25, -0.2) is 14.4 Å². The van der Waals surface area contributed by atoms with Gasteiger partial charge in [0.2, 0.25) is 5.79 Å². The average Bonchev–Trinajstić information content (AvgIpc) is 0.957. The Morgan fingerprint density at radius 3 is 0.884 bits per heavy atom. The lowest BCUT2D eigenvalue weighted by Crippen LogP contribution is -2.77. The van der Waals surface area contributed by atoms with Crippen molar-refractivity contribution in [2.45, 2.75) is 487 Å². The lowest BCUT2D eigenvalue weighted by atomic mass is 9.31. The number of hydrogen-bond donors (Lipinski definition) is 7. The standard InChI is InChI=1S/C41H60F8O11.C32H46F6O8.C28H43F3O9/c1-24(2)25(50)57-36-18-33(26(3,4)58-29(9)13-37(52,55-21-29)40(44,45)46)15-34(19-36,27(5,6)59-30(10)14-38(53,56-22-30)41(47,48)49)17-35(16-33,20-36)28(7,8)60-31(11)23-54-32(12,51)39(31,42)43;1-19(2)21(39)44-28-11-20-9-26(15-28,22(3,4)45-24(7)12-29(40,42-17-24)31(33,34)35)14-27(10-20,16-28)23(5,6)46-25(8)13-30(41,43-18-25)32(36,37)38;1-15(2)21(32)38-17-10-16-18(22(3,4)39-25(8)12-27(34,36-14-25)28(29,30)31)19(20(17)37-16)23(5,6)40-24(7)11-26(9,33)35-13-24/h51-53H,1,13-23H2,2-12H3;20,40-41H,1,9-18H2,2-8H3;16-20,33-34H,1,10-14H2,2-9H3. The maximum Gasteiger partial charge on any atom is 0.443 e. The Morgan fingerprint density at radius 2 is 0.596 bits per heavy atom. The zero-order chi connectivity index (χ0) is 111. The third-order valence-corrected chi connectivity index (χ3v) is 35.4. The SMILES string of the molecule is C=C(C)C(=O)OC12CC3(C(C)(C)OC4(C)COC(O)(C(F)(F)F)C4)CC(C(C)(C)OC4(C)COC(O)(C(F)(F)F)C4)(C1)CC(C(C)(C)OC1(C)COC(C)(O)C1(F)F)(C2)C3.C=C(C)C(=O)OC12CC3CC(C(C)(C)OC4(C)COC(O)(C(F)(F)F)C4)(C1)CC(C(C)(C)OC1(C)COC(O)(C(F)(F)F)C1)(C3)C2.C=C(C)C(=O)OC1CC2OC1C(C(C)(C)OC1(C)COC(C)(O)C1)C2C(C)(C)OC1(C)COC(O)(C(F)(F)F)C1. The van der Waals surface area contributed by atoms with Crippen LogP contribution in [-0.2, 0) is 99.6 Å². The lowest BCUT2D eigenvalue weighted by Gasteiger charge is -2.77. The molecule has 0 aromatic heterocycles. The van der Waals surface area contributed by atoms with Gasteiger partial charge in [-0.1, -0.05) is 19.7 Å². The molecule has 9 heterocycles. The maximum atomic E-state index is 16.1. The van der Waals surface area contributed by atoms with Crippen LogP contribution in [-0.4, -0.2) is 285 Å². The van der Waals surface area contributed by atoms with E-state index in [1.807, 2.05) is 20.8 Å². The first-order valence-corrected chi connectivity index (χ1v) is 49.3. The summed E-state index contributed by atoms with van der Waals surface area (Å²) in [6.07, 6.45) is -27.9. The summed E-state index contributed by atoms with van der Waals surface area (Å²) < 4.78 is 345. The Hall–Kier alpha value is -4.44. The molecule has 45 heteroatoms. The molecule has 840 valence electrons. The van der Waals surface area contributed by atoms with Crippen molar-refractivity contribution in [3.05, 3.63) is 36.5 Å². The molecule has 23 atom stereocenters. The molecule has 0 aromatic rings. The van der Waals surface area contributed by atoms with Crippen LogP contribution < -0.4 is 0 Å². The average molecular weight is 2130 g/mol. The van der Waals surface area contributed by atoms with E-state index in [2.05, 4.69) is 19.7 Å². The van der Waals surface area contributed by atoms with Gasteiger partial charge in [0, 0.05) is 101 Å². The Labute approximate surface area is 839 Å². The van der Waals surface area contributed by atoms with E-state index in [-0.39, 0.29) is 74.2 Å². The highest BCUT2D eigenvalue weighted by Crippen LogP contribution is 2.81. The highest BCUT2D eigenvalue weighted by molar-refractivity contribution is 5.88. The van der Waals surface area contributed by atoms with Gasteiger partial charge >= 0.3 is 54.7 Å². The Kier molecular flexibility index (Phi) is 28.5. The Bertz CT molecular complexity index is 4880.